The molecule has 2 aromatic rings. The third-order valence-electron chi connectivity index (χ3n) is 3.87. The van der Waals surface area contributed by atoms with Crippen molar-refractivity contribution in [1.29, 1.82) is 0 Å². The standard InChI is InChI=1S/C17H16Cl2N2O5/c1-24-16-6-20-10(5-15(16)26-11-2-3-25-9-11)4-14(22)17-12(18)7-21(23)8-13(17)19/h5-8,11H,2-4,9H2,1H3. The van der Waals surface area contributed by atoms with Crippen LogP contribution in [0.1, 0.15) is 22.5 Å². The largest absolute Gasteiger partial charge is 0.619 e. The van der Waals surface area contributed by atoms with E-state index in [4.69, 9.17) is 37.4 Å². The molecule has 0 bridgehead atoms. The Hall–Kier alpha value is -2.09. The number of ketones is 1. The smallest absolute Gasteiger partial charge is 0.199 e. The van der Waals surface area contributed by atoms with Gasteiger partial charge in [-0.3, -0.25) is 9.78 Å². The van der Waals surface area contributed by atoms with Gasteiger partial charge in [0.1, 0.15) is 16.1 Å². The summed E-state index contributed by atoms with van der Waals surface area (Å²) in [7, 11) is 1.52. The minimum absolute atomic E-state index is 0.00871. The van der Waals surface area contributed by atoms with Gasteiger partial charge in [-0.2, -0.15) is 4.73 Å². The molecule has 7 nitrogen and oxygen atoms in total. The van der Waals surface area contributed by atoms with Gasteiger partial charge in [-0.25, -0.2) is 0 Å². The van der Waals surface area contributed by atoms with Crippen molar-refractivity contribution in [3.05, 3.63) is 51.2 Å². The molecule has 2 aromatic heterocycles. The molecular formula is C17H16Cl2N2O5. The lowest BCUT2D eigenvalue weighted by molar-refractivity contribution is -0.605. The Balaban J connectivity index is 1.82. The Bertz CT molecular complexity index is 802. The number of halogens is 2. The van der Waals surface area contributed by atoms with Crippen LogP contribution >= 0.6 is 23.2 Å². The number of nitrogens with zero attached hydrogens (tertiary/aromatic N) is 2. The van der Waals surface area contributed by atoms with Crippen LogP contribution < -0.4 is 14.2 Å². The number of aromatic nitrogens is 2. The second-order valence-electron chi connectivity index (χ2n) is 5.72. The van der Waals surface area contributed by atoms with Crippen LogP contribution in [0.15, 0.2) is 24.7 Å². The van der Waals surface area contributed by atoms with Crippen LogP contribution in [-0.4, -0.2) is 37.2 Å². The monoisotopic (exact) mass is 398 g/mol. The van der Waals surface area contributed by atoms with Gasteiger partial charge in [0.25, 0.3) is 0 Å². The maximum Gasteiger partial charge on any atom is 0.199 e. The van der Waals surface area contributed by atoms with E-state index in [1.165, 1.54) is 13.3 Å². The Kier molecular flexibility index (Phi) is 5.80. The predicted molar refractivity (Wildman–Crippen MR) is 94.1 cm³/mol. The van der Waals surface area contributed by atoms with Gasteiger partial charge in [0.15, 0.2) is 29.7 Å². The van der Waals surface area contributed by atoms with Crippen molar-refractivity contribution in [2.75, 3.05) is 20.3 Å². The lowest BCUT2D eigenvalue weighted by Crippen LogP contribution is -2.26. The number of Topliss-reactive ketones (excluding diaryl/α,β-unsaturated/α-hetero) is 1. The number of methoxy groups -OCH3 is 1. The van der Waals surface area contributed by atoms with Crippen molar-refractivity contribution in [3.8, 4) is 11.5 Å². The summed E-state index contributed by atoms with van der Waals surface area (Å²) in [6.45, 7) is 1.15. The summed E-state index contributed by atoms with van der Waals surface area (Å²) in [4.78, 5) is 16.8. The van der Waals surface area contributed by atoms with Gasteiger partial charge in [-0.15, -0.1) is 0 Å². The Morgan fingerprint density at radius 2 is 2.12 bits per heavy atom. The molecule has 1 aliphatic heterocycles. The molecule has 1 aliphatic rings. The molecule has 3 rings (SSSR count). The van der Waals surface area contributed by atoms with E-state index in [-0.39, 0.29) is 33.9 Å². The average molecular weight is 399 g/mol. The van der Waals surface area contributed by atoms with Gasteiger partial charge >= 0.3 is 0 Å². The van der Waals surface area contributed by atoms with Gasteiger partial charge in [0.05, 0.1) is 44.2 Å². The third-order valence-corrected chi connectivity index (χ3v) is 4.44. The Labute approximate surface area is 160 Å². The predicted octanol–water partition coefficient (Wildman–Crippen LogP) is 2.62. The lowest BCUT2D eigenvalue weighted by atomic mass is 10.1. The van der Waals surface area contributed by atoms with Crippen LogP contribution in [0.2, 0.25) is 10.0 Å². The minimum atomic E-state index is -0.353. The molecule has 0 aliphatic carbocycles. The van der Waals surface area contributed by atoms with Crippen LogP contribution in [-0.2, 0) is 11.2 Å². The number of ether oxygens (including phenoxy) is 3. The molecule has 1 fully saturated rings. The highest BCUT2D eigenvalue weighted by atomic mass is 35.5. The molecule has 0 aromatic carbocycles. The number of hydrogen-bond acceptors (Lipinski definition) is 6. The van der Waals surface area contributed by atoms with E-state index < -0.39 is 0 Å². The van der Waals surface area contributed by atoms with Crippen molar-refractivity contribution in [1.82, 2.24) is 4.98 Å². The van der Waals surface area contributed by atoms with Gasteiger partial charge in [0, 0.05) is 12.5 Å². The summed E-state index contributed by atoms with van der Waals surface area (Å²) < 4.78 is 16.9. The Morgan fingerprint density at radius 3 is 2.73 bits per heavy atom. The molecule has 1 atom stereocenters. The normalized spacial score (nSPS) is 16.5. The number of hydrogen-bond donors (Lipinski definition) is 0. The molecule has 3 heterocycles. The second kappa shape index (κ2) is 8.07. The second-order valence-corrected chi connectivity index (χ2v) is 6.53. The molecule has 1 unspecified atom stereocenters. The van der Waals surface area contributed by atoms with Gasteiger partial charge in [-0.1, -0.05) is 23.2 Å². The SMILES string of the molecule is COc1cnc(CC(=O)c2c(Cl)c[n+]([O-])cc2Cl)cc1OC1CCOC1. The zero-order valence-electron chi connectivity index (χ0n) is 13.9. The van der Waals surface area contributed by atoms with Gasteiger partial charge in [0.2, 0.25) is 0 Å². The first kappa shape index (κ1) is 18.7. The molecule has 9 heteroatoms. The van der Waals surface area contributed by atoms with Crippen molar-refractivity contribution in [3.63, 3.8) is 0 Å². The van der Waals surface area contributed by atoms with E-state index in [0.29, 0.717) is 35.1 Å². The van der Waals surface area contributed by atoms with Gasteiger partial charge < -0.3 is 19.4 Å². The first-order chi connectivity index (χ1) is 12.5. The van der Waals surface area contributed by atoms with Crippen molar-refractivity contribution in [2.45, 2.75) is 18.9 Å². The summed E-state index contributed by atoms with van der Waals surface area (Å²) in [5.41, 5.74) is 0.556. The zero-order chi connectivity index (χ0) is 18.7. The maximum atomic E-state index is 12.6. The van der Waals surface area contributed by atoms with Crippen LogP contribution in [0.4, 0.5) is 0 Å². The lowest BCUT2D eigenvalue weighted by Gasteiger charge is -2.15. The van der Waals surface area contributed by atoms with E-state index in [9.17, 15) is 10.0 Å². The summed E-state index contributed by atoms with van der Waals surface area (Å²) in [5, 5.41) is 11.3. The molecule has 0 saturated carbocycles. The fraction of sp³-hybridized carbons (Fsp3) is 0.353. The molecule has 1 saturated heterocycles. The maximum absolute atomic E-state index is 12.6. The van der Waals surface area contributed by atoms with Crippen molar-refractivity contribution < 1.29 is 23.7 Å². The zero-order valence-corrected chi connectivity index (χ0v) is 15.4. The Morgan fingerprint density at radius 1 is 1.38 bits per heavy atom. The summed E-state index contributed by atoms with van der Waals surface area (Å²) in [6.07, 6.45) is 4.31. The highest BCUT2D eigenvalue weighted by molar-refractivity contribution is 6.39. The van der Waals surface area contributed by atoms with Crippen molar-refractivity contribution >= 4 is 29.0 Å². The van der Waals surface area contributed by atoms with E-state index in [1.54, 1.807) is 6.07 Å². The van der Waals surface area contributed by atoms with E-state index in [0.717, 1.165) is 18.8 Å². The number of rotatable bonds is 6. The first-order valence-corrected chi connectivity index (χ1v) is 8.62. The minimum Gasteiger partial charge on any atom is -0.619 e. The molecule has 26 heavy (non-hydrogen) atoms. The van der Waals surface area contributed by atoms with Crippen molar-refractivity contribution in [2.24, 2.45) is 0 Å². The third kappa shape index (κ3) is 4.17. The summed E-state index contributed by atoms with van der Waals surface area (Å²) in [5.74, 6) is 0.605. The van der Waals surface area contributed by atoms with E-state index >= 15 is 0 Å². The number of carbonyl (C=O) groups is 1. The summed E-state index contributed by atoms with van der Waals surface area (Å²) in [6, 6.07) is 1.65. The fourth-order valence-corrected chi connectivity index (χ4v) is 3.27. The molecule has 138 valence electrons. The van der Waals surface area contributed by atoms with Gasteiger partial charge in [-0.05, 0) is 0 Å². The molecule has 0 N–H and O–H groups in total. The van der Waals surface area contributed by atoms with Crippen LogP contribution in [0.3, 0.4) is 0 Å². The van der Waals surface area contributed by atoms with E-state index in [1.807, 2.05) is 0 Å². The van der Waals surface area contributed by atoms with Crippen LogP contribution in [0, 0.1) is 5.21 Å². The van der Waals surface area contributed by atoms with Crippen LogP contribution in [0.25, 0.3) is 0 Å². The number of pyridine rings is 2. The molecule has 0 amide bonds. The quantitative estimate of drug-likeness (QED) is 0.422. The fourth-order valence-electron chi connectivity index (χ4n) is 2.62. The topological polar surface area (TPSA) is 84.6 Å². The highest BCUT2D eigenvalue weighted by Crippen LogP contribution is 2.30. The molecule has 0 radical (unpaired) electrons. The number of carbonyl (C=O) groups excluding carboxylic acids is 1. The molecular weight excluding hydrogens is 383 g/mol. The summed E-state index contributed by atoms with van der Waals surface area (Å²) >= 11 is 12.0. The van der Waals surface area contributed by atoms with E-state index in [2.05, 4.69) is 4.98 Å². The first-order valence-electron chi connectivity index (χ1n) is 7.86. The molecule has 0 spiro atoms. The average Bonchev–Trinajstić information content (AvgIpc) is 3.07. The highest BCUT2D eigenvalue weighted by Gasteiger charge is 2.22. The van der Waals surface area contributed by atoms with Crippen LogP contribution in [0.5, 0.6) is 11.5 Å².